The molecule has 0 saturated carbocycles. The maximum Gasteiger partial charge on any atom is 0.309 e. The molecule has 1 heterocycles. The van der Waals surface area contributed by atoms with Crippen LogP contribution < -0.4 is 0 Å². The zero-order chi connectivity index (χ0) is 12.6. The normalized spacial score (nSPS) is 18.8. The van der Waals surface area contributed by atoms with Crippen molar-refractivity contribution in [2.45, 2.75) is 13.0 Å². The monoisotopic (exact) mass is 241 g/mol. The van der Waals surface area contributed by atoms with Crippen molar-refractivity contribution < 1.29 is 18.7 Å². The molecule has 1 aromatic carbocycles. The third-order valence-corrected chi connectivity index (χ3v) is 3.17. The van der Waals surface area contributed by atoms with Crippen molar-refractivity contribution in [3.05, 3.63) is 35.4 Å². The van der Waals surface area contributed by atoms with Crippen LogP contribution in [0.3, 0.4) is 0 Å². The molecule has 17 heavy (non-hydrogen) atoms. The Morgan fingerprint density at radius 1 is 1.35 bits per heavy atom. The van der Waals surface area contributed by atoms with Crippen LogP contribution in [-0.4, -0.2) is 29.1 Å². The molecule has 1 saturated heterocycles. The van der Waals surface area contributed by atoms with Gasteiger partial charge in [0.1, 0.15) is 11.6 Å². The number of carboxylic acid groups (broad SMARTS) is 1. The summed E-state index contributed by atoms with van der Waals surface area (Å²) in [4.78, 5) is 12.5. The maximum absolute atomic E-state index is 13.0. The van der Waals surface area contributed by atoms with Gasteiger partial charge >= 0.3 is 5.97 Å². The van der Waals surface area contributed by atoms with Gasteiger partial charge in [0.2, 0.25) is 0 Å². The fraction of sp³-hybridized carbons (Fsp3) is 0.417. The van der Waals surface area contributed by atoms with Crippen molar-refractivity contribution in [2.24, 2.45) is 5.92 Å². The van der Waals surface area contributed by atoms with E-state index in [0.717, 1.165) is 6.07 Å². The Hall–Kier alpha value is -1.49. The molecule has 3 nitrogen and oxygen atoms in total. The summed E-state index contributed by atoms with van der Waals surface area (Å²) in [5.41, 5.74) is 0.534. The van der Waals surface area contributed by atoms with Gasteiger partial charge in [0.05, 0.1) is 5.92 Å². The van der Waals surface area contributed by atoms with Gasteiger partial charge in [0.25, 0.3) is 0 Å². The molecule has 1 aliphatic heterocycles. The molecule has 0 spiro atoms. The Bertz CT molecular complexity index is 424. The van der Waals surface area contributed by atoms with Gasteiger partial charge in [-0.25, -0.2) is 8.78 Å². The van der Waals surface area contributed by atoms with Crippen molar-refractivity contribution >= 4 is 5.97 Å². The van der Waals surface area contributed by atoms with Crippen LogP contribution in [0, 0.1) is 17.6 Å². The molecule has 1 unspecified atom stereocenters. The first-order valence-electron chi connectivity index (χ1n) is 5.40. The van der Waals surface area contributed by atoms with E-state index < -0.39 is 17.6 Å². The molecule has 1 atom stereocenters. The van der Waals surface area contributed by atoms with E-state index in [0.29, 0.717) is 18.7 Å². The van der Waals surface area contributed by atoms with E-state index in [2.05, 4.69) is 0 Å². The standard InChI is InChI=1S/C12H13F2NO2/c1-7(15-5-9(6-15)12(16)17)8-2-10(13)4-11(14)3-8/h2-4,7,9H,5-6H2,1H3,(H,16,17). The topological polar surface area (TPSA) is 40.5 Å². The second-order valence-corrected chi connectivity index (χ2v) is 4.37. The van der Waals surface area contributed by atoms with Gasteiger partial charge in [0, 0.05) is 25.2 Å². The van der Waals surface area contributed by atoms with Crippen molar-refractivity contribution in [3.63, 3.8) is 0 Å². The number of hydrogen-bond acceptors (Lipinski definition) is 2. The lowest BCUT2D eigenvalue weighted by atomic mass is 9.95. The molecule has 0 aliphatic carbocycles. The lowest BCUT2D eigenvalue weighted by Crippen LogP contribution is -2.51. The Balaban J connectivity index is 2.06. The van der Waals surface area contributed by atoms with Crippen LogP contribution in [0.5, 0.6) is 0 Å². The maximum atomic E-state index is 13.0. The zero-order valence-corrected chi connectivity index (χ0v) is 9.36. The number of carbonyl (C=O) groups is 1. The summed E-state index contributed by atoms with van der Waals surface area (Å²) in [5, 5.41) is 8.74. The van der Waals surface area contributed by atoms with Crippen LogP contribution in [0.1, 0.15) is 18.5 Å². The average Bonchev–Trinajstić information content (AvgIpc) is 2.12. The number of rotatable bonds is 3. The van der Waals surface area contributed by atoms with E-state index >= 15 is 0 Å². The molecule has 0 bridgehead atoms. The van der Waals surface area contributed by atoms with Crippen molar-refractivity contribution in [3.8, 4) is 0 Å². The van der Waals surface area contributed by atoms with Gasteiger partial charge in [-0.15, -0.1) is 0 Å². The summed E-state index contributed by atoms with van der Waals surface area (Å²) in [6.07, 6.45) is 0. The number of carboxylic acids is 1. The summed E-state index contributed by atoms with van der Waals surface area (Å²) in [5.74, 6) is -2.40. The van der Waals surface area contributed by atoms with Gasteiger partial charge < -0.3 is 5.11 Å². The lowest BCUT2D eigenvalue weighted by Gasteiger charge is -2.41. The van der Waals surface area contributed by atoms with Gasteiger partial charge in [-0.05, 0) is 24.6 Å². The first-order valence-corrected chi connectivity index (χ1v) is 5.40. The molecule has 0 radical (unpaired) electrons. The summed E-state index contributed by atoms with van der Waals surface area (Å²) in [6, 6.07) is 3.21. The third kappa shape index (κ3) is 2.44. The Morgan fingerprint density at radius 2 is 1.88 bits per heavy atom. The van der Waals surface area contributed by atoms with Crippen molar-refractivity contribution in [1.82, 2.24) is 4.90 Å². The number of halogens is 2. The van der Waals surface area contributed by atoms with Crippen LogP contribution in [-0.2, 0) is 4.79 Å². The van der Waals surface area contributed by atoms with Crippen LogP contribution in [0.25, 0.3) is 0 Å². The van der Waals surface area contributed by atoms with Crippen LogP contribution >= 0.6 is 0 Å². The summed E-state index contributed by atoms with van der Waals surface area (Å²) < 4.78 is 26.1. The quantitative estimate of drug-likeness (QED) is 0.880. The van der Waals surface area contributed by atoms with E-state index in [1.54, 1.807) is 0 Å². The second kappa shape index (κ2) is 4.41. The minimum absolute atomic E-state index is 0.171. The van der Waals surface area contributed by atoms with Crippen molar-refractivity contribution in [1.29, 1.82) is 0 Å². The lowest BCUT2D eigenvalue weighted by molar-refractivity contribution is -0.148. The highest BCUT2D eigenvalue weighted by atomic mass is 19.1. The molecule has 0 amide bonds. The molecular formula is C12H13F2NO2. The molecular weight excluding hydrogens is 228 g/mol. The summed E-state index contributed by atoms with van der Waals surface area (Å²) >= 11 is 0. The molecule has 1 N–H and O–H groups in total. The Labute approximate surface area is 97.7 Å². The number of nitrogens with zero attached hydrogens (tertiary/aromatic N) is 1. The Morgan fingerprint density at radius 3 is 2.35 bits per heavy atom. The van der Waals surface area contributed by atoms with Gasteiger partial charge in [-0.1, -0.05) is 0 Å². The fourth-order valence-corrected chi connectivity index (χ4v) is 2.01. The minimum Gasteiger partial charge on any atom is -0.481 e. The number of benzene rings is 1. The largest absolute Gasteiger partial charge is 0.481 e. The third-order valence-electron chi connectivity index (χ3n) is 3.17. The van der Waals surface area contributed by atoms with E-state index in [1.807, 2.05) is 11.8 Å². The first-order chi connectivity index (χ1) is 7.97. The van der Waals surface area contributed by atoms with E-state index in [-0.39, 0.29) is 12.0 Å². The smallest absolute Gasteiger partial charge is 0.309 e. The van der Waals surface area contributed by atoms with Crippen LogP contribution in [0.15, 0.2) is 18.2 Å². The average molecular weight is 241 g/mol. The highest BCUT2D eigenvalue weighted by molar-refractivity contribution is 5.71. The van der Waals surface area contributed by atoms with E-state index in [1.165, 1.54) is 12.1 Å². The molecule has 2 rings (SSSR count). The Kier molecular flexibility index (Phi) is 3.11. The molecule has 1 aromatic rings. The molecule has 92 valence electrons. The highest BCUT2D eigenvalue weighted by Crippen LogP contribution is 2.29. The van der Waals surface area contributed by atoms with E-state index in [4.69, 9.17) is 5.11 Å². The van der Waals surface area contributed by atoms with Gasteiger partial charge in [-0.3, -0.25) is 9.69 Å². The molecule has 1 aliphatic rings. The SMILES string of the molecule is CC(c1cc(F)cc(F)c1)N1CC(C(=O)O)C1. The molecule has 0 aromatic heterocycles. The predicted molar refractivity (Wildman–Crippen MR) is 57.5 cm³/mol. The minimum atomic E-state index is -0.820. The predicted octanol–water partition coefficient (Wildman–Crippen LogP) is 2.04. The van der Waals surface area contributed by atoms with Gasteiger partial charge in [0.15, 0.2) is 0 Å². The number of aliphatic carboxylic acids is 1. The van der Waals surface area contributed by atoms with Crippen LogP contribution in [0.4, 0.5) is 8.78 Å². The number of likely N-dealkylation sites (tertiary alicyclic amines) is 1. The number of hydrogen-bond donors (Lipinski definition) is 1. The first kappa shape index (κ1) is 12.0. The van der Waals surface area contributed by atoms with E-state index in [9.17, 15) is 13.6 Å². The van der Waals surface area contributed by atoms with Crippen LogP contribution in [0.2, 0.25) is 0 Å². The second-order valence-electron chi connectivity index (χ2n) is 4.37. The summed E-state index contributed by atoms with van der Waals surface area (Å²) in [6.45, 7) is 2.66. The van der Waals surface area contributed by atoms with Gasteiger partial charge in [-0.2, -0.15) is 0 Å². The fourth-order valence-electron chi connectivity index (χ4n) is 2.01. The molecule has 1 fully saturated rings. The summed E-state index contributed by atoms with van der Waals surface area (Å²) in [7, 11) is 0. The zero-order valence-electron chi connectivity index (χ0n) is 9.36. The van der Waals surface area contributed by atoms with Crippen molar-refractivity contribution in [2.75, 3.05) is 13.1 Å². The molecule has 5 heteroatoms. The highest BCUT2D eigenvalue weighted by Gasteiger charge is 2.35.